The van der Waals surface area contributed by atoms with Gasteiger partial charge in [0.25, 0.3) is 5.91 Å². The molecule has 1 aliphatic carbocycles. The van der Waals surface area contributed by atoms with E-state index in [4.69, 9.17) is 6.42 Å². The molecule has 18 heavy (non-hydrogen) atoms. The summed E-state index contributed by atoms with van der Waals surface area (Å²) in [6.07, 6.45) is 7.31. The first-order valence-corrected chi connectivity index (χ1v) is 5.80. The van der Waals surface area contributed by atoms with Crippen LogP contribution in [0.15, 0.2) is 18.2 Å². The Morgan fingerprint density at radius 2 is 2.17 bits per heavy atom. The van der Waals surface area contributed by atoms with Crippen LogP contribution in [0.25, 0.3) is 0 Å². The molecule has 0 bridgehead atoms. The van der Waals surface area contributed by atoms with Gasteiger partial charge in [0.15, 0.2) is 11.6 Å². The lowest BCUT2D eigenvalue weighted by Crippen LogP contribution is -2.34. The molecule has 0 heterocycles. The third-order valence-electron chi connectivity index (χ3n) is 2.93. The average Bonchev–Trinajstić information content (AvgIpc) is 3.15. The first-order chi connectivity index (χ1) is 8.63. The molecule has 1 saturated carbocycles. The third-order valence-corrected chi connectivity index (χ3v) is 2.93. The quantitative estimate of drug-likeness (QED) is 0.751. The van der Waals surface area contributed by atoms with Crippen LogP contribution >= 0.6 is 0 Å². The summed E-state index contributed by atoms with van der Waals surface area (Å²) in [5.41, 5.74) is -0.258. The minimum Gasteiger partial charge on any atom is -0.327 e. The molecule has 1 aromatic carbocycles. The standard InChI is InChI=1S/C14H13F2NO/c1-2-8-17(9-10-6-7-10)14(18)11-4-3-5-12(15)13(11)16/h1,3-5,10H,6-9H2. The molecular formula is C14H13F2NO. The zero-order valence-electron chi connectivity index (χ0n) is 9.83. The lowest BCUT2D eigenvalue weighted by Gasteiger charge is -2.20. The maximum absolute atomic E-state index is 13.5. The molecule has 0 radical (unpaired) electrons. The molecule has 1 fully saturated rings. The van der Waals surface area contributed by atoms with E-state index in [1.54, 1.807) is 0 Å². The summed E-state index contributed by atoms with van der Waals surface area (Å²) < 4.78 is 26.6. The Hall–Kier alpha value is -1.89. The van der Waals surface area contributed by atoms with Crippen LogP contribution in [-0.2, 0) is 0 Å². The number of rotatable bonds is 4. The molecule has 0 atom stereocenters. The Bertz CT molecular complexity index is 503. The second kappa shape index (κ2) is 5.18. The normalized spacial score (nSPS) is 14.1. The molecule has 0 spiro atoms. The van der Waals surface area contributed by atoms with Crippen LogP contribution in [-0.4, -0.2) is 23.9 Å². The Labute approximate surface area is 105 Å². The van der Waals surface area contributed by atoms with E-state index < -0.39 is 17.5 Å². The van der Waals surface area contributed by atoms with Crippen molar-refractivity contribution in [1.82, 2.24) is 4.90 Å². The molecule has 1 aliphatic rings. The second-order valence-electron chi connectivity index (χ2n) is 4.43. The zero-order chi connectivity index (χ0) is 13.1. The van der Waals surface area contributed by atoms with Gasteiger partial charge in [0.1, 0.15) is 0 Å². The van der Waals surface area contributed by atoms with Crippen molar-refractivity contribution in [3.05, 3.63) is 35.4 Å². The number of hydrogen-bond acceptors (Lipinski definition) is 1. The number of nitrogens with zero attached hydrogens (tertiary/aromatic N) is 1. The first-order valence-electron chi connectivity index (χ1n) is 5.80. The molecule has 0 aromatic heterocycles. The van der Waals surface area contributed by atoms with E-state index in [9.17, 15) is 13.6 Å². The van der Waals surface area contributed by atoms with E-state index in [0.717, 1.165) is 18.9 Å². The van der Waals surface area contributed by atoms with Gasteiger partial charge in [-0.1, -0.05) is 12.0 Å². The van der Waals surface area contributed by atoms with Crippen molar-refractivity contribution in [2.24, 2.45) is 5.92 Å². The van der Waals surface area contributed by atoms with Gasteiger partial charge in [-0.15, -0.1) is 6.42 Å². The molecule has 4 heteroatoms. The number of amides is 1. The highest BCUT2D eigenvalue weighted by molar-refractivity contribution is 5.94. The predicted molar refractivity (Wildman–Crippen MR) is 63.8 cm³/mol. The summed E-state index contributed by atoms with van der Waals surface area (Å²) in [4.78, 5) is 13.5. The summed E-state index contributed by atoms with van der Waals surface area (Å²) >= 11 is 0. The van der Waals surface area contributed by atoms with Crippen LogP contribution in [0, 0.1) is 29.9 Å². The predicted octanol–water partition coefficient (Wildman–Crippen LogP) is 2.45. The monoisotopic (exact) mass is 249 g/mol. The van der Waals surface area contributed by atoms with Crippen LogP contribution in [0.4, 0.5) is 8.78 Å². The molecule has 1 amide bonds. The third kappa shape index (κ3) is 2.67. The highest BCUT2D eigenvalue weighted by Crippen LogP contribution is 2.30. The summed E-state index contributed by atoms with van der Waals surface area (Å²) in [6.45, 7) is 0.629. The smallest absolute Gasteiger partial charge is 0.257 e. The van der Waals surface area contributed by atoms with E-state index in [1.807, 2.05) is 0 Å². The second-order valence-corrected chi connectivity index (χ2v) is 4.43. The molecule has 0 unspecified atom stereocenters. The first kappa shape index (κ1) is 12.6. The molecule has 0 aliphatic heterocycles. The Morgan fingerprint density at radius 1 is 1.44 bits per heavy atom. The zero-order valence-corrected chi connectivity index (χ0v) is 9.83. The molecule has 0 saturated heterocycles. The number of carbonyl (C=O) groups is 1. The van der Waals surface area contributed by atoms with Crippen LogP contribution in [0.3, 0.4) is 0 Å². The van der Waals surface area contributed by atoms with Crippen molar-refractivity contribution < 1.29 is 13.6 Å². The maximum atomic E-state index is 13.5. The number of carbonyl (C=O) groups excluding carboxylic acids is 1. The fraction of sp³-hybridized carbons (Fsp3) is 0.357. The fourth-order valence-corrected chi connectivity index (χ4v) is 1.78. The van der Waals surface area contributed by atoms with E-state index in [1.165, 1.54) is 17.0 Å². The minimum absolute atomic E-state index is 0.116. The van der Waals surface area contributed by atoms with Crippen molar-refractivity contribution in [2.75, 3.05) is 13.1 Å². The van der Waals surface area contributed by atoms with Gasteiger partial charge in [0, 0.05) is 6.54 Å². The van der Waals surface area contributed by atoms with Crippen LogP contribution < -0.4 is 0 Å². The average molecular weight is 249 g/mol. The lowest BCUT2D eigenvalue weighted by atomic mass is 10.1. The Balaban J connectivity index is 2.21. The SMILES string of the molecule is C#CCN(CC1CC1)C(=O)c1cccc(F)c1F. The fourth-order valence-electron chi connectivity index (χ4n) is 1.78. The van der Waals surface area contributed by atoms with Gasteiger partial charge in [-0.3, -0.25) is 4.79 Å². The summed E-state index contributed by atoms with van der Waals surface area (Å²) in [5, 5.41) is 0. The molecule has 94 valence electrons. The Morgan fingerprint density at radius 3 is 2.78 bits per heavy atom. The minimum atomic E-state index is -1.11. The van der Waals surface area contributed by atoms with Crippen molar-refractivity contribution in [1.29, 1.82) is 0 Å². The van der Waals surface area contributed by atoms with Gasteiger partial charge in [-0.25, -0.2) is 8.78 Å². The van der Waals surface area contributed by atoms with Crippen LogP contribution in [0.5, 0.6) is 0 Å². The van der Waals surface area contributed by atoms with E-state index in [-0.39, 0.29) is 12.1 Å². The van der Waals surface area contributed by atoms with Crippen LogP contribution in [0.2, 0.25) is 0 Å². The number of halogens is 2. The topological polar surface area (TPSA) is 20.3 Å². The molecule has 2 nitrogen and oxygen atoms in total. The number of benzene rings is 1. The van der Waals surface area contributed by atoms with Gasteiger partial charge in [-0.05, 0) is 30.9 Å². The largest absolute Gasteiger partial charge is 0.327 e. The highest BCUT2D eigenvalue weighted by atomic mass is 19.2. The summed E-state index contributed by atoms with van der Waals surface area (Å²) in [7, 11) is 0. The Kier molecular flexibility index (Phi) is 3.61. The van der Waals surface area contributed by atoms with Crippen molar-refractivity contribution in [3.63, 3.8) is 0 Å². The maximum Gasteiger partial charge on any atom is 0.257 e. The molecule has 1 aromatic rings. The van der Waals surface area contributed by atoms with E-state index in [2.05, 4.69) is 5.92 Å². The van der Waals surface area contributed by atoms with Gasteiger partial charge in [0.2, 0.25) is 0 Å². The summed E-state index contributed by atoms with van der Waals surface area (Å²) in [5.74, 6) is 0.142. The number of hydrogen-bond donors (Lipinski definition) is 0. The van der Waals surface area contributed by atoms with Crippen molar-refractivity contribution >= 4 is 5.91 Å². The van der Waals surface area contributed by atoms with Crippen LogP contribution in [0.1, 0.15) is 23.2 Å². The van der Waals surface area contributed by atoms with Crippen molar-refractivity contribution in [3.8, 4) is 12.3 Å². The molecule has 0 N–H and O–H groups in total. The lowest BCUT2D eigenvalue weighted by molar-refractivity contribution is 0.0764. The van der Waals surface area contributed by atoms with Crippen molar-refractivity contribution in [2.45, 2.75) is 12.8 Å². The van der Waals surface area contributed by atoms with Gasteiger partial charge >= 0.3 is 0 Å². The van der Waals surface area contributed by atoms with Gasteiger partial charge in [0.05, 0.1) is 12.1 Å². The van der Waals surface area contributed by atoms with Gasteiger partial charge < -0.3 is 4.90 Å². The summed E-state index contributed by atoms with van der Waals surface area (Å²) in [6, 6.07) is 3.58. The highest BCUT2D eigenvalue weighted by Gasteiger charge is 2.28. The van der Waals surface area contributed by atoms with E-state index >= 15 is 0 Å². The van der Waals surface area contributed by atoms with Gasteiger partial charge in [-0.2, -0.15) is 0 Å². The molecule has 2 rings (SSSR count). The van der Waals surface area contributed by atoms with E-state index in [0.29, 0.717) is 12.5 Å². The number of terminal acetylenes is 1. The molecular weight excluding hydrogens is 236 g/mol.